The minimum Gasteiger partial charge on any atom is -0.493 e. The molecule has 1 aliphatic rings. The standard InChI is InChI=1S/C69H118N2.2C3H5.Ni/c1-5-9-13-15-17-19-21-23-25-27-28-29-30-31-32-33-35-36-38-40-42-44-46-48-53-63-55-51-57-65(61-63)68-66(58-12-8-4)67(69(71(68)70)64-56-50-54-62(60-64)52-11-7-3)59-49-47-45-43-41-39-37-34-26-24-22-20-18-16-14-10-6-2;2*1-3-2;/h50-51,54-57,60-61H,5-49,52-53,58-59H2,1-4H3;2*3H,1-2H2;. The maximum atomic E-state index is 12.4. The van der Waals surface area contributed by atoms with Crippen molar-refractivity contribution >= 4 is 11.4 Å². The molecule has 2 nitrogen and oxygen atoms in total. The van der Waals surface area contributed by atoms with Crippen molar-refractivity contribution in [3.63, 3.8) is 0 Å². The van der Waals surface area contributed by atoms with Crippen LogP contribution in [0.4, 0.5) is 0 Å². The van der Waals surface area contributed by atoms with E-state index >= 15 is 0 Å². The van der Waals surface area contributed by atoms with Gasteiger partial charge in [0.25, 0.3) is 0 Å². The van der Waals surface area contributed by atoms with Gasteiger partial charge in [0, 0.05) is 22.3 Å². The smallest absolute Gasteiger partial charge is 0.211 e. The number of rotatable bonds is 55. The van der Waals surface area contributed by atoms with Crippen molar-refractivity contribution in [2.75, 3.05) is 0 Å². The number of benzene rings is 2. The van der Waals surface area contributed by atoms with Gasteiger partial charge in [-0.05, 0) is 86.8 Å². The van der Waals surface area contributed by atoms with Crippen LogP contribution in [-0.4, -0.2) is 4.70 Å². The molecule has 0 radical (unpaired) electrons. The molecule has 1 heterocycles. The zero-order valence-corrected chi connectivity index (χ0v) is 53.4. The van der Waals surface area contributed by atoms with Crippen LogP contribution in [-0.2, 0) is 27.3 Å². The van der Waals surface area contributed by atoms with Crippen molar-refractivity contribution in [3.05, 3.63) is 113 Å². The molecule has 3 rings (SSSR count). The largest absolute Gasteiger partial charge is 0.493 e. The van der Waals surface area contributed by atoms with Gasteiger partial charge < -0.3 is 5.53 Å². The Bertz CT molecular complexity index is 1770. The van der Waals surface area contributed by atoms with Crippen molar-refractivity contribution in [2.24, 2.45) is 0 Å². The number of unbranched alkanes of at least 4 members (excludes halogenated alkanes) is 41. The summed E-state index contributed by atoms with van der Waals surface area (Å²) in [6.07, 6.45) is 70.9. The molecule has 78 heavy (non-hydrogen) atoms. The molecular formula is C75H128N2Ni. The monoisotopic (exact) mass is 1110 g/mol. The minimum atomic E-state index is 1.03. The summed E-state index contributed by atoms with van der Waals surface area (Å²) in [5.41, 5.74) is 22.5. The maximum absolute atomic E-state index is 12.4. The second kappa shape index (κ2) is 53.8. The van der Waals surface area contributed by atoms with Crippen molar-refractivity contribution in [1.29, 1.82) is 0 Å². The number of nitrogens with zero attached hydrogens (tertiary/aromatic N) is 2. The molecule has 0 aliphatic carbocycles. The van der Waals surface area contributed by atoms with E-state index < -0.39 is 0 Å². The van der Waals surface area contributed by atoms with E-state index in [0.29, 0.717) is 0 Å². The van der Waals surface area contributed by atoms with Gasteiger partial charge in [0.1, 0.15) is 0 Å². The topological polar surface area (TPSA) is 25.3 Å². The fourth-order valence-corrected chi connectivity index (χ4v) is 12.3. The van der Waals surface area contributed by atoms with E-state index in [9.17, 15) is 5.53 Å². The molecule has 2 aromatic carbocycles. The Labute approximate surface area is 493 Å². The first-order chi connectivity index (χ1) is 38.6. The number of aryl methyl sites for hydroxylation is 2. The van der Waals surface area contributed by atoms with Gasteiger partial charge >= 0.3 is 50.5 Å². The van der Waals surface area contributed by atoms with Crippen molar-refractivity contribution in [3.8, 4) is 0 Å². The number of hydrogen-bond acceptors (Lipinski definition) is 0. The normalized spacial score (nSPS) is 12.5. The predicted molar refractivity (Wildman–Crippen MR) is 347 cm³/mol. The van der Waals surface area contributed by atoms with E-state index in [-0.39, 0.29) is 0 Å². The Morgan fingerprint density at radius 3 is 0.872 bits per heavy atom. The first-order valence-corrected chi connectivity index (χ1v) is 35.8. The molecule has 0 amide bonds. The second-order valence-electron chi connectivity index (χ2n) is 23.9. The van der Waals surface area contributed by atoms with Crippen LogP contribution in [0.2, 0.25) is 10.8 Å². The zero-order chi connectivity index (χ0) is 56.0. The van der Waals surface area contributed by atoms with Crippen LogP contribution in [0.15, 0.2) is 85.0 Å². The van der Waals surface area contributed by atoms with Crippen molar-refractivity contribution < 1.29 is 19.1 Å². The molecule has 3 heteroatoms. The zero-order valence-electron chi connectivity index (χ0n) is 52.5. The third-order valence-electron chi connectivity index (χ3n) is 16.6. The molecule has 1 aliphatic heterocycles. The van der Waals surface area contributed by atoms with Gasteiger partial charge in [0.15, 0.2) is 0 Å². The summed E-state index contributed by atoms with van der Waals surface area (Å²) >= 11 is 1.66. The van der Waals surface area contributed by atoms with Crippen LogP contribution >= 0.6 is 0 Å². The number of hydrogen-bond donors (Lipinski definition) is 0. The van der Waals surface area contributed by atoms with Gasteiger partial charge in [-0.25, -0.2) is 4.70 Å². The molecule has 0 saturated carbocycles. The summed E-state index contributed by atoms with van der Waals surface area (Å²) in [5.74, 6) is 0. The van der Waals surface area contributed by atoms with E-state index in [1.807, 2.05) is 12.2 Å². The van der Waals surface area contributed by atoms with Gasteiger partial charge in [-0.1, -0.05) is 315 Å². The average molecular weight is 1120 g/mol. The number of allylic oxidation sites excluding steroid dienone is 4. The quantitative estimate of drug-likeness (QED) is 0.0273. The van der Waals surface area contributed by atoms with Gasteiger partial charge in [-0.3, -0.25) is 0 Å². The van der Waals surface area contributed by atoms with Crippen LogP contribution < -0.4 is 0 Å². The fourth-order valence-electron chi connectivity index (χ4n) is 11.8. The van der Waals surface area contributed by atoms with Crippen LogP contribution in [0.5, 0.6) is 0 Å². The van der Waals surface area contributed by atoms with Crippen LogP contribution in [0, 0.1) is 0 Å². The Morgan fingerprint density at radius 1 is 0.333 bits per heavy atom. The summed E-state index contributed by atoms with van der Waals surface area (Å²) in [6.45, 7) is 16.4. The van der Waals surface area contributed by atoms with E-state index in [1.54, 1.807) is 19.1 Å². The summed E-state index contributed by atoms with van der Waals surface area (Å²) in [4.78, 5) is 0. The van der Waals surface area contributed by atoms with Crippen molar-refractivity contribution in [2.45, 2.75) is 353 Å². The molecule has 0 saturated heterocycles. The molecule has 0 aromatic heterocycles. The summed E-state index contributed by atoms with van der Waals surface area (Å²) < 4.78 is 1.63. The Balaban J connectivity index is 0.00000277. The average Bonchev–Trinajstić information content (AvgIpc) is 3.74. The first-order valence-electron chi connectivity index (χ1n) is 34.4. The molecule has 0 unspecified atom stereocenters. The van der Waals surface area contributed by atoms with Crippen LogP contribution in [0.3, 0.4) is 0 Å². The predicted octanol–water partition coefficient (Wildman–Crippen LogP) is 26.6. The van der Waals surface area contributed by atoms with Crippen LogP contribution in [0.25, 0.3) is 16.9 Å². The Kier molecular flexibility index (Phi) is 49.4. The minimum absolute atomic E-state index is 1.03. The molecule has 0 atom stereocenters. The van der Waals surface area contributed by atoms with Gasteiger partial charge in [0.05, 0.1) is 0 Å². The van der Waals surface area contributed by atoms with Gasteiger partial charge in [0.2, 0.25) is 11.4 Å². The van der Waals surface area contributed by atoms with Crippen LogP contribution in [0.1, 0.15) is 352 Å². The first kappa shape index (κ1) is 71.6. The second-order valence-corrected chi connectivity index (χ2v) is 25.2. The summed E-state index contributed by atoms with van der Waals surface area (Å²) in [6, 6.07) is 18.4. The molecule has 0 fully saturated rings. The molecule has 0 spiro atoms. The third-order valence-corrected chi connectivity index (χ3v) is 17.7. The van der Waals surface area contributed by atoms with Gasteiger partial charge in [-0.2, -0.15) is 0 Å². The molecule has 448 valence electrons. The van der Waals surface area contributed by atoms with E-state index in [1.165, 1.54) is 309 Å². The molecule has 0 bridgehead atoms. The Hall–Kier alpha value is -2.51. The molecule has 0 N–H and O–H groups in total. The van der Waals surface area contributed by atoms with E-state index in [2.05, 4.69) is 89.4 Å². The SMILES string of the molecule is C=C[CH2][Ni][CH2]C=C.CCCCCCCCCCCCCCCCCCCCCCCCCCc1cccc(C2=C(CCCC)C(CCCCCCCCCCCCCCCCCCC)=C(c3cccc(CCCC)c3)[N+]2=[N-])c1. The molecular weight excluding hydrogens is 988 g/mol. The van der Waals surface area contributed by atoms with Gasteiger partial charge in [-0.15, -0.1) is 0 Å². The molecule has 2 aromatic rings. The van der Waals surface area contributed by atoms with E-state index in [0.717, 1.165) is 60.7 Å². The maximum Gasteiger partial charge on any atom is 0.211 e. The third kappa shape index (κ3) is 36.8. The summed E-state index contributed by atoms with van der Waals surface area (Å²) in [7, 11) is 0. The summed E-state index contributed by atoms with van der Waals surface area (Å²) in [5, 5.41) is 2.11. The van der Waals surface area contributed by atoms with E-state index in [4.69, 9.17) is 0 Å². The van der Waals surface area contributed by atoms with Crippen molar-refractivity contribution in [1.82, 2.24) is 0 Å². The Morgan fingerprint density at radius 2 is 0.577 bits per heavy atom. The fraction of sp³-hybridized carbons (Fsp3) is 0.733.